The molecular weight excluding hydrogens is 420 g/mol. The Kier molecular flexibility index (Phi) is 7.07. The number of hydrogen-bond donors (Lipinski definition) is 2. The van der Waals surface area contributed by atoms with Crippen molar-refractivity contribution in [1.82, 2.24) is 4.72 Å². The van der Waals surface area contributed by atoms with E-state index in [1.165, 1.54) is 0 Å². The highest BCUT2D eigenvalue weighted by atomic mass is 32.2. The van der Waals surface area contributed by atoms with Crippen molar-refractivity contribution in [1.29, 1.82) is 0 Å². The molecular formula is C22H28N2O6S. The number of ether oxygens (including phenoxy) is 2. The Balaban J connectivity index is 1.93. The van der Waals surface area contributed by atoms with Gasteiger partial charge in [0.05, 0.1) is 19.9 Å². The second kappa shape index (κ2) is 9.57. The van der Waals surface area contributed by atoms with Gasteiger partial charge in [0.2, 0.25) is 5.91 Å². The van der Waals surface area contributed by atoms with Crippen LogP contribution in [0.3, 0.4) is 0 Å². The third-order valence-corrected chi connectivity index (χ3v) is 6.28. The lowest BCUT2D eigenvalue weighted by atomic mass is 9.72. The molecule has 0 saturated carbocycles. The lowest BCUT2D eigenvalue weighted by Crippen LogP contribution is -2.38. The van der Waals surface area contributed by atoms with Gasteiger partial charge in [-0.1, -0.05) is 24.3 Å². The molecule has 9 heteroatoms. The molecule has 0 spiro atoms. The van der Waals surface area contributed by atoms with E-state index in [0.29, 0.717) is 25.1 Å². The summed E-state index contributed by atoms with van der Waals surface area (Å²) in [4.78, 5) is 14.7. The molecule has 0 aliphatic carbocycles. The third-order valence-electron chi connectivity index (χ3n) is 5.79. The smallest absolute Gasteiger partial charge is 0.359 e. The van der Waals surface area contributed by atoms with E-state index in [0.717, 1.165) is 30.0 Å². The molecule has 31 heavy (non-hydrogen) atoms. The fourth-order valence-corrected chi connectivity index (χ4v) is 4.69. The number of hydrogen-bond acceptors (Lipinski definition) is 6. The summed E-state index contributed by atoms with van der Waals surface area (Å²) in [7, 11) is -1.41. The molecule has 8 nitrogen and oxygen atoms in total. The minimum atomic E-state index is -4.62. The van der Waals surface area contributed by atoms with E-state index in [9.17, 15) is 13.2 Å². The van der Waals surface area contributed by atoms with Crippen molar-refractivity contribution in [2.75, 3.05) is 32.2 Å². The van der Waals surface area contributed by atoms with E-state index in [1.807, 2.05) is 48.5 Å². The van der Waals surface area contributed by atoms with Crippen LogP contribution in [0.1, 0.15) is 31.2 Å². The fourth-order valence-electron chi connectivity index (χ4n) is 4.33. The first kappa shape index (κ1) is 22.9. The number of para-hydroxylation sites is 2. The Morgan fingerprint density at radius 1 is 1.10 bits per heavy atom. The maximum atomic E-state index is 12.5. The number of carbonyl (C=O) groups excluding carboxylic acids is 1. The Hall–Kier alpha value is -2.78. The first-order valence-corrected chi connectivity index (χ1v) is 11.5. The van der Waals surface area contributed by atoms with E-state index < -0.39 is 21.6 Å². The number of benzene rings is 2. The topological polar surface area (TPSA) is 105 Å². The van der Waals surface area contributed by atoms with Crippen LogP contribution in [0.15, 0.2) is 48.5 Å². The summed E-state index contributed by atoms with van der Waals surface area (Å²) < 4.78 is 44.0. The van der Waals surface area contributed by atoms with Gasteiger partial charge in [-0.3, -0.25) is 9.35 Å². The minimum Gasteiger partial charge on any atom is -0.497 e. The van der Waals surface area contributed by atoms with E-state index in [1.54, 1.807) is 18.9 Å². The molecule has 3 rings (SSSR count). The lowest BCUT2D eigenvalue weighted by molar-refractivity contribution is -0.120. The third kappa shape index (κ3) is 5.68. The second-order valence-corrected chi connectivity index (χ2v) is 8.86. The molecule has 0 radical (unpaired) electrons. The van der Waals surface area contributed by atoms with E-state index >= 15 is 0 Å². The predicted molar refractivity (Wildman–Crippen MR) is 118 cm³/mol. The summed E-state index contributed by atoms with van der Waals surface area (Å²) in [6.07, 6.45) is 2.00. The normalized spacial score (nSPS) is 19.4. The highest BCUT2D eigenvalue weighted by Crippen LogP contribution is 2.41. The van der Waals surface area contributed by atoms with Gasteiger partial charge in [-0.2, -0.15) is 8.42 Å². The molecule has 168 valence electrons. The van der Waals surface area contributed by atoms with Gasteiger partial charge in [0.1, 0.15) is 11.5 Å². The summed E-state index contributed by atoms with van der Waals surface area (Å²) in [5.41, 5.74) is 1.27. The average Bonchev–Trinajstić information content (AvgIpc) is 2.95. The fraction of sp³-hybridized carbons (Fsp3) is 0.409. The standard InChI is InChI=1S/C22H28N2O6S/c1-29-18-8-5-7-17(15-18)22(16-21(25)23-31(26,27)28)11-6-13-24(14-12-22)19-9-3-4-10-20(19)30-2/h3-5,7-10,15H,6,11-14,16H2,1-2H3,(H,23,25)(H,26,27,28). The van der Waals surface area contributed by atoms with Crippen molar-refractivity contribution in [2.24, 2.45) is 0 Å². The van der Waals surface area contributed by atoms with Gasteiger partial charge in [-0.25, -0.2) is 4.72 Å². The molecule has 1 unspecified atom stereocenters. The van der Waals surface area contributed by atoms with Gasteiger partial charge >= 0.3 is 10.3 Å². The number of anilines is 1. The molecule has 2 aromatic carbocycles. The molecule has 0 bridgehead atoms. The molecule has 2 N–H and O–H groups in total. The zero-order valence-electron chi connectivity index (χ0n) is 17.7. The van der Waals surface area contributed by atoms with Crippen molar-refractivity contribution in [3.8, 4) is 11.5 Å². The first-order valence-electron chi connectivity index (χ1n) is 10.1. The molecule has 1 fully saturated rings. The number of carbonyl (C=O) groups is 1. The summed E-state index contributed by atoms with van der Waals surface area (Å²) >= 11 is 0. The molecule has 1 heterocycles. The van der Waals surface area contributed by atoms with Gasteiger partial charge in [-0.15, -0.1) is 0 Å². The molecule has 0 aromatic heterocycles. The zero-order valence-corrected chi connectivity index (χ0v) is 18.5. The maximum Gasteiger partial charge on any atom is 0.359 e. The number of methoxy groups -OCH3 is 2. The number of nitrogens with one attached hydrogen (secondary N) is 1. The number of rotatable bonds is 7. The number of amides is 1. The minimum absolute atomic E-state index is 0.0697. The van der Waals surface area contributed by atoms with Gasteiger partial charge < -0.3 is 14.4 Å². The summed E-state index contributed by atoms with van der Waals surface area (Å²) in [6.45, 7) is 1.42. The van der Waals surface area contributed by atoms with E-state index in [-0.39, 0.29) is 6.42 Å². The zero-order chi connectivity index (χ0) is 22.5. The second-order valence-electron chi connectivity index (χ2n) is 7.70. The maximum absolute atomic E-state index is 12.5. The van der Waals surface area contributed by atoms with E-state index in [2.05, 4.69) is 4.90 Å². The van der Waals surface area contributed by atoms with Crippen molar-refractivity contribution in [3.63, 3.8) is 0 Å². The quantitative estimate of drug-likeness (QED) is 0.628. The first-order chi connectivity index (χ1) is 14.8. The summed E-state index contributed by atoms with van der Waals surface area (Å²) in [5.74, 6) is 0.703. The van der Waals surface area contributed by atoms with Gasteiger partial charge in [0.15, 0.2) is 0 Å². The van der Waals surface area contributed by atoms with Crippen molar-refractivity contribution < 1.29 is 27.2 Å². The van der Waals surface area contributed by atoms with Crippen LogP contribution in [0.4, 0.5) is 5.69 Å². The molecule has 2 aromatic rings. The van der Waals surface area contributed by atoms with Crippen LogP contribution in [0.25, 0.3) is 0 Å². The van der Waals surface area contributed by atoms with Crippen molar-refractivity contribution in [3.05, 3.63) is 54.1 Å². The van der Waals surface area contributed by atoms with Crippen LogP contribution >= 0.6 is 0 Å². The lowest BCUT2D eigenvalue weighted by Gasteiger charge is -2.33. The predicted octanol–water partition coefficient (Wildman–Crippen LogP) is 2.94. The van der Waals surface area contributed by atoms with Crippen LogP contribution in [0, 0.1) is 0 Å². The van der Waals surface area contributed by atoms with Crippen molar-refractivity contribution >= 4 is 21.9 Å². The Labute approximate surface area is 183 Å². The van der Waals surface area contributed by atoms with Crippen LogP contribution in [-0.2, 0) is 20.5 Å². The van der Waals surface area contributed by atoms with Crippen LogP contribution in [0.5, 0.6) is 11.5 Å². The number of nitrogens with zero attached hydrogens (tertiary/aromatic N) is 1. The van der Waals surface area contributed by atoms with Gasteiger partial charge in [0, 0.05) is 24.9 Å². The highest BCUT2D eigenvalue weighted by Gasteiger charge is 2.38. The Morgan fingerprint density at radius 2 is 1.87 bits per heavy atom. The van der Waals surface area contributed by atoms with Crippen LogP contribution < -0.4 is 19.1 Å². The van der Waals surface area contributed by atoms with Gasteiger partial charge in [-0.05, 0) is 49.1 Å². The highest BCUT2D eigenvalue weighted by molar-refractivity contribution is 7.84. The summed E-state index contributed by atoms with van der Waals surface area (Å²) in [6, 6.07) is 15.3. The van der Waals surface area contributed by atoms with Crippen LogP contribution in [0.2, 0.25) is 0 Å². The molecule has 1 aliphatic rings. The molecule has 1 aliphatic heterocycles. The monoisotopic (exact) mass is 448 g/mol. The summed E-state index contributed by atoms with van der Waals surface area (Å²) in [5, 5.41) is 0. The molecule has 1 saturated heterocycles. The SMILES string of the molecule is COc1cccc(C2(CC(=O)NS(=O)(=O)O)CCCN(c3ccccc3OC)CC2)c1. The molecule has 1 amide bonds. The Bertz CT molecular complexity index is 1030. The van der Waals surface area contributed by atoms with E-state index in [4.69, 9.17) is 14.0 Å². The largest absolute Gasteiger partial charge is 0.497 e. The average molecular weight is 449 g/mol. The van der Waals surface area contributed by atoms with Crippen LogP contribution in [-0.4, -0.2) is 46.2 Å². The van der Waals surface area contributed by atoms with Gasteiger partial charge in [0.25, 0.3) is 0 Å². The molecule has 1 atom stereocenters. The Morgan fingerprint density at radius 3 is 2.58 bits per heavy atom. The van der Waals surface area contributed by atoms with Crippen molar-refractivity contribution in [2.45, 2.75) is 31.1 Å².